The van der Waals surface area contributed by atoms with E-state index in [4.69, 9.17) is 14.2 Å². The smallest absolute Gasteiger partial charge is 0.408 e. The Balaban J connectivity index is 1.29. The van der Waals surface area contributed by atoms with Gasteiger partial charge >= 0.3 is 6.09 Å². The molecule has 2 aliphatic heterocycles. The minimum absolute atomic E-state index is 0.0244. The SMILES string of the molecule is CCC1[C@@H]2CN(C(=O)[C@H](C(C)(C)C)NC(=O)O[C@@H]3C[C@H]3CCCCC(F)(F)c3nc4ccc(OC)cc4nc3O2)[C@@H]1C(=O)N[C@]1(C(=O)NSC2(C)CC2)C[C@H]1C(F)F. The number of halogens is 4. The van der Waals surface area contributed by atoms with Crippen LogP contribution in [0.1, 0.15) is 98.1 Å². The van der Waals surface area contributed by atoms with Crippen molar-refractivity contribution >= 4 is 46.8 Å². The molecule has 7 rings (SSSR count). The number of nitrogens with zero attached hydrogens (tertiary/aromatic N) is 3. The van der Waals surface area contributed by atoms with E-state index in [1.54, 1.807) is 33.8 Å². The fraction of sp³-hybridized carbons (Fsp3) is 0.700. The summed E-state index contributed by atoms with van der Waals surface area (Å²) in [6.45, 7) is 8.48. The van der Waals surface area contributed by atoms with Crippen molar-refractivity contribution in [3.8, 4) is 11.6 Å². The molecule has 3 saturated carbocycles. The molecular formula is C40H52F4N6O7S. The fourth-order valence-electron chi connectivity index (χ4n) is 8.19. The number of hydrogen-bond donors (Lipinski definition) is 3. The van der Waals surface area contributed by atoms with Crippen molar-refractivity contribution in [1.82, 2.24) is 30.2 Å². The molecule has 8 atom stereocenters. The van der Waals surface area contributed by atoms with Crippen molar-refractivity contribution in [2.45, 2.75) is 139 Å². The molecule has 4 amide bonds. The number of ether oxygens (including phenoxy) is 3. The molecule has 2 bridgehead atoms. The van der Waals surface area contributed by atoms with E-state index in [9.17, 15) is 28.0 Å². The topological polar surface area (TPSA) is 161 Å². The summed E-state index contributed by atoms with van der Waals surface area (Å²) in [5.74, 6) is -8.39. The van der Waals surface area contributed by atoms with Gasteiger partial charge in [0.15, 0.2) is 5.69 Å². The third-order valence-corrected chi connectivity index (χ3v) is 13.5. The maximum Gasteiger partial charge on any atom is 0.408 e. The Labute approximate surface area is 339 Å². The van der Waals surface area contributed by atoms with Crippen molar-refractivity contribution in [2.24, 2.45) is 23.2 Å². The first-order valence-electron chi connectivity index (χ1n) is 20.1. The van der Waals surface area contributed by atoms with E-state index in [0.29, 0.717) is 25.0 Å². The largest absolute Gasteiger partial charge is 0.497 e. The number of alkyl halides is 4. The van der Waals surface area contributed by atoms with E-state index in [0.717, 1.165) is 24.8 Å². The van der Waals surface area contributed by atoms with Gasteiger partial charge in [0, 0.05) is 23.2 Å². The summed E-state index contributed by atoms with van der Waals surface area (Å²) in [5, 5.41) is 5.33. The van der Waals surface area contributed by atoms with Crippen LogP contribution in [0, 0.1) is 23.2 Å². The number of amides is 4. The molecule has 1 saturated heterocycles. The Kier molecular flexibility index (Phi) is 11.2. The number of aromatic nitrogens is 2. The third-order valence-electron chi connectivity index (χ3n) is 12.3. The Morgan fingerprint density at radius 1 is 1.09 bits per heavy atom. The van der Waals surface area contributed by atoms with Crippen LogP contribution in [-0.2, 0) is 25.0 Å². The molecule has 1 unspecified atom stereocenters. The maximum absolute atomic E-state index is 16.3. The lowest BCUT2D eigenvalue weighted by atomic mass is 9.85. The van der Waals surface area contributed by atoms with Gasteiger partial charge in [0.05, 0.1) is 30.6 Å². The van der Waals surface area contributed by atoms with Gasteiger partial charge in [0.1, 0.15) is 35.6 Å². The third kappa shape index (κ3) is 8.49. The summed E-state index contributed by atoms with van der Waals surface area (Å²) < 4.78 is 81.1. The second-order valence-corrected chi connectivity index (χ2v) is 19.2. The van der Waals surface area contributed by atoms with E-state index in [-0.39, 0.29) is 47.5 Å². The lowest BCUT2D eigenvalue weighted by molar-refractivity contribution is -0.144. The van der Waals surface area contributed by atoms with Crippen molar-refractivity contribution in [3.05, 3.63) is 23.9 Å². The monoisotopic (exact) mass is 836 g/mol. The highest BCUT2D eigenvalue weighted by Crippen LogP contribution is 2.51. The zero-order valence-corrected chi connectivity index (χ0v) is 34.4. The molecular weight excluding hydrogens is 785 g/mol. The van der Waals surface area contributed by atoms with E-state index in [2.05, 4.69) is 25.3 Å². The summed E-state index contributed by atoms with van der Waals surface area (Å²) in [6.07, 6.45) is -2.77. The number of methoxy groups -OCH3 is 1. The molecule has 18 heteroatoms. The second-order valence-electron chi connectivity index (χ2n) is 17.8. The molecule has 3 heterocycles. The highest BCUT2D eigenvalue weighted by molar-refractivity contribution is 7.99. The Bertz CT molecular complexity index is 1950. The lowest BCUT2D eigenvalue weighted by Crippen LogP contribution is -2.60. The highest BCUT2D eigenvalue weighted by atomic mass is 32.2. The van der Waals surface area contributed by atoms with Crippen LogP contribution >= 0.6 is 11.9 Å². The van der Waals surface area contributed by atoms with Gasteiger partial charge < -0.3 is 29.7 Å². The van der Waals surface area contributed by atoms with Crippen molar-refractivity contribution in [3.63, 3.8) is 0 Å². The molecule has 0 radical (unpaired) electrons. The molecule has 318 valence electrons. The van der Waals surface area contributed by atoms with Gasteiger partial charge in [-0.1, -0.05) is 34.1 Å². The molecule has 2 aromatic rings. The number of nitrogens with one attached hydrogen (secondary N) is 3. The zero-order chi connectivity index (χ0) is 41.9. The first-order chi connectivity index (χ1) is 27.3. The molecule has 1 aromatic heterocycles. The lowest BCUT2D eigenvalue weighted by Gasteiger charge is -2.36. The number of hydrogen-bond acceptors (Lipinski definition) is 10. The standard InChI is InChI=1S/C40H52F4N6O7S/c1-7-22-27-19-50(28(22)32(51)48-39(18-23(39)31(41)42)35(53)49-58-38(5)14-15-38)34(52)30(37(2,3)4)47-36(54)57-26-16-20(26)10-8-9-13-40(43,44)29-33(56-27)46-25-17-21(55-6)11-12-24(25)45-29/h11-12,17,20,22-23,26-28,30-31H,7-10,13-16,18-19H2,1-6H3,(H,47,54)(H,48,51)(H,49,53)/t20-,22?,23+,26-,27+,28+,30-,39-/m1/s1. The van der Waals surface area contributed by atoms with E-state index >= 15 is 8.78 Å². The van der Waals surface area contributed by atoms with Gasteiger partial charge in [-0.05, 0) is 87.3 Å². The zero-order valence-electron chi connectivity index (χ0n) is 33.5. The number of benzene rings is 1. The van der Waals surface area contributed by atoms with Crippen LogP contribution in [0.15, 0.2) is 18.2 Å². The van der Waals surface area contributed by atoms with Gasteiger partial charge in [-0.15, -0.1) is 0 Å². The van der Waals surface area contributed by atoms with Crippen LogP contribution in [0.5, 0.6) is 11.6 Å². The summed E-state index contributed by atoms with van der Waals surface area (Å²) >= 11 is 1.12. The summed E-state index contributed by atoms with van der Waals surface area (Å²) in [5.41, 5.74) is -3.21. The van der Waals surface area contributed by atoms with E-state index < -0.39 is 101 Å². The average Bonchev–Trinajstić information content (AvgIpc) is 4.12. The Morgan fingerprint density at radius 2 is 1.83 bits per heavy atom. The first-order valence-corrected chi connectivity index (χ1v) is 20.9. The van der Waals surface area contributed by atoms with Gasteiger partial charge in [0.25, 0.3) is 11.8 Å². The van der Waals surface area contributed by atoms with Crippen molar-refractivity contribution in [2.75, 3.05) is 13.7 Å². The maximum atomic E-state index is 16.3. The molecule has 4 fully saturated rings. The van der Waals surface area contributed by atoms with Gasteiger partial charge in [0.2, 0.25) is 24.1 Å². The van der Waals surface area contributed by atoms with Crippen LogP contribution in [0.3, 0.4) is 0 Å². The quantitative estimate of drug-likeness (QED) is 0.204. The molecule has 1 aromatic carbocycles. The fourth-order valence-corrected chi connectivity index (χ4v) is 9.02. The van der Waals surface area contributed by atoms with E-state index in [1.807, 2.05) is 6.92 Å². The van der Waals surface area contributed by atoms with Crippen molar-refractivity contribution in [1.29, 1.82) is 0 Å². The number of rotatable bonds is 8. The number of carbonyl (C=O) groups excluding carboxylic acids is 4. The van der Waals surface area contributed by atoms with Crippen LogP contribution < -0.4 is 24.8 Å². The normalized spacial score (nSPS) is 31.7. The highest BCUT2D eigenvalue weighted by Gasteiger charge is 2.67. The second kappa shape index (κ2) is 15.5. The molecule has 3 aliphatic carbocycles. The van der Waals surface area contributed by atoms with Crippen LogP contribution in [0.25, 0.3) is 11.0 Å². The molecule has 3 N–H and O–H groups in total. The summed E-state index contributed by atoms with van der Waals surface area (Å²) in [4.78, 5) is 66.4. The summed E-state index contributed by atoms with van der Waals surface area (Å²) in [7, 11) is 1.45. The molecule has 5 aliphatic rings. The number of alkyl carbamates (subject to hydrolysis) is 1. The molecule has 0 spiro atoms. The van der Waals surface area contributed by atoms with Crippen LogP contribution in [-0.4, -0.2) is 93.3 Å². The van der Waals surface area contributed by atoms with E-state index in [1.165, 1.54) is 24.1 Å². The first kappa shape index (κ1) is 42.0. The average molecular weight is 837 g/mol. The Hall–Kier alpha value is -4.09. The summed E-state index contributed by atoms with van der Waals surface area (Å²) in [6, 6.07) is 1.94. The molecule has 13 nitrogen and oxygen atoms in total. The minimum Gasteiger partial charge on any atom is -0.497 e. The van der Waals surface area contributed by atoms with Gasteiger partial charge in [-0.2, -0.15) is 8.78 Å². The predicted molar refractivity (Wildman–Crippen MR) is 205 cm³/mol. The van der Waals surface area contributed by atoms with Crippen molar-refractivity contribution < 1.29 is 51.0 Å². The predicted octanol–water partition coefficient (Wildman–Crippen LogP) is 6.27. The number of carbonyl (C=O) groups is 4. The Morgan fingerprint density at radius 3 is 2.47 bits per heavy atom. The number of fused-ring (bicyclic) bond motifs is 5. The van der Waals surface area contributed by atoms with Gasteiger partial charge in [-0.25, -0.2) is 23.5 Å². The van der Waals surface area contributed by atoms with Crippen LogP contribution in [0.2, 0.25) is 0 Å². The molecule has 58 heavy (non-hydrogen) atoms. The van der Waals surface area contributed by atoms with Gasteiger partial charge in [-0.3, -0.25) is 19.1 Å². The van der Waals surface area contributed by atoms with Crippen LogP contribution in [0.4, 0.5) is 22.4 Å². The minimum atomic E-state index is -3.50.